The molecule has 136 valence electrons. The number of nitrogens with one attached hydrogen (secondary N) is 1. The van der Waals surface area contributed by atoms with Crippen LogP contribution in [0.3, 0.4) is 0 Å². The van der Waals surface area contributed by atoms with Crippen molar-refractivity contribution in [1.29, 1.82) is 0 Å². The van der Waals surface area contributed by atoms with Crippen LogP contribution >= 0.6 is 11.8 Å². The Hall–Kier alpha value is -2.48. The highest BCUT2D eigenvalue weighted by molar-refractivity contribution is 8.00. The van der Waals surface area contributed by atoms with Gasteiger partial charge in [-0.1, -0.05) is 23.9 Å². The van der Waals surface area contributed by atoms with Gasteiger partial charge in [-0.3, -0.25) is 4.79 Å². The lowest BCUT2D eigenvalue weighted by Gasteiger charge is -2.10. The van der Waals surface area contributed by atoms with Crippen LogP contribution in [0, 0.1) is 26.6 Å². The molecule has 0 aliphatic rings. The van der Waals surface area contributed by atoms with E-state index in [1.807, 2.05) is 20.8 Å². The van der Waals surface area contributed by atoms with E-state index in [1.165, 1.54) is 23.9 Å². The van der Waals surface area contributed by atoms with Crippen molar-refractivity contribution >= 4 is 23.4 Å². The number of carbonyl (C=O) groups is 1. The molecule has 0 saturated carbocycles. The number of benzene rings is 1. The number of hydrogen-bond acceptors (Lipinski definition) is 5. The number of rotatable bonds is 5. The van der Waals surface area contributed by atoms with E-state index in [1.54, 1.807) is 23.6 Å². The van der Waals surface area contributed by atoms with Crippen LogP contribution in [0.5, 0.6) is 0 Å². The van der Waals surface area contributed by atoms with Gasteiger partial charge in [0.25, 0.3) is 5.78 Å². The molecule has 26 heavy (non-hydrogen) atoms. The minimum Gasteiger partial charge on any atom is -0.351 e. The van der Waals surface area contributed by atoms with Gasteiger partial charge in [-0.25, -0.2) is 13.9 Å². The molecule has 0 fully saturated rings. The summed E-state index contributed by atoms with van der Waals surface area (Å²) in [5.41, 5.74) is 3.82. The quantitative estimate of drug-likeness (QED) is 0.696. The Kier molecular flexibility index (Phi) is 5.22. The monoisotopic (exact) mass is 373 g/mol. The highest BCUT2D eigenvalue weighted by Gasteiger charge is 2.18. The van der Waals surface area contributed by atoms with Crippen LogP contribution in [-0.2, 0) is 11.3 Å². The maximum Gasteiger partial charge on any atom is 0.253 e. The molecule has 8 heteroatoms. The van der Waals surface area contributed by atoms with Crippen molar-refractivity contribution in [2.75, 3.05) is 0 Å². The second-order valence-electron chi connectivity index (χ2n) is 6.12. The Labute approximate surface area is 155 Å². The zero-order valence-corrected chi connectivity index (χ0v) is 15.9. The maximum absolute atomic E-state index is 12.9. The second kappa shape index (κ2) is 7.41. The minimum atomic E-state index is -0.365. The molecule has 1 atom stereocenters. The smallest absolute Gasteiger partial charge is 0.253 e. The second-order valence-corrected chi connectivity index (χ2v) is 7.43. The molecule has 0 aliphatic carbocycles. The van der Waals surface area contributed by atoms with Crippen molar-refractivity contribution in [3.05, 3.63) is 52.6 Å². The number of aromatic nitrogens is 4. The van der Waals surface area contributed by atoms with Gasteiger partial charge in [0.15, 0.2) is 0 Å². The Bertz CT molecular complexity index is 954. The number of nitrogens with zero attached hydrogens (tertiary/aromatic N) is 4. The fourth-order valence-electron chi connectivity index (χ4n) is 2.43. The van der Waals surface area contributed by atoms with Crippen molar-refractivity contribution in [1.82, 2.24) is 24.9 Å². The lowest BCUT2D eigenvalue weighted by molar-refractivity contribution is -0.120. The van der Waals surface area contributed by atoms with Gasteiger partial charge in [-0.15, -0.1) is 5.10 Å². The van der Waals surface area contributed by atoms with Gasteiger partial charge in [0.2, 0.25) is 11.1 Å². The number of hydrogen-bond donors (Lipinski definition) is 1. The van der Waals surface area contributed by atoms with Gasteiger partial charge in [0.05, 0.1) is 5.25 Å². The molecule has 3 rings (SSSR count). The SMILES string of the molecule is Cc1nc2nc(S[C@@H](C)C(=O)NCc3ccc(F)cc3)nn2c(C)c1C. The molecule has 2 aromatic heterocycles. The van der Waals surface area contributed by atoms with Gasteiger partial charge in [0, 0.05) is 17.9 Å². The number of carbonyl (C=O) groups excluding carboxylic acids is 1. The molecule has 0 saturated heterocycles. The van der Waals surface area contributed by atoms with Crippen LogP contribution < -0.4 is 5.32 Å². The molecule has 2 heterocycles. The lowest BCUT2D eigenvalue weighted by Crippen LogP contribution is -2.30. The summed E-state index contributed by atoms with van der Waals surface area (Å²) in [6.07, 6.45) is 0. The maximum atomic E-state index is 12.9. The van der Waals surface area contributed by atoms with E-state index in [9.17, 15) is 9.18 Å². The topological polar surface area (TPSA) is 72.2 Å². The molecule has 1 amide bonds. The van der Waals surface area contributed by atoms with Crippen LogP contribution in [0.1, 0.15) is 29.4 Å². The van der Waals surface area contributed by atoms with E-state index in [2.05, 4.69) is 20.4 Å². The molecule has 1 N–H and O–H groups in total. The lowest BCUT2D eigenvalue weighted by atomic mass is 10.2. The summed E-state index contributed by atoms with van der Waals surface area (Å²) in [5.74, 6) is 0.110. The molecule has 0 bridgehead atoms. The third kappa shape index (κ3) is 3.85. The van der Waals surface area contributed by atoms with E-state index in [4.69, 9.17) is 0 Å². The first-order chi connectivity index (χ1) is 12.3. The summed E-state index contributed by atoms with van der Waals surface area (Å²) in [5, 5.41) is 7.43. The summed E-state index contributed by atoms with van der Waals surface area (Å²) in [6, 6.07) is 6.05. The summed E-state index contributed by atoms with van der Waals surface area (Å²) in [4.78, 5) is 21.1. The average molecular weight is 373 g/mol. The highest BCUT2D eigenvalue weighted by Crippen LogP contribution is 2.21. The standard InChI is InChI=1S/C18H20FN5OS/c1-10-11(2)21-17-22-18(23-24(17)12(10)3)26-13(4)16(25)20-9-14-5-7-15(19)8-6-14/h5-8,13H,9H2,1-4H3,(H,20,25)/t13-/m0/s1. The number of halogens is 1. The van der Waals surface area contributed by atoms with Crippen molar-refractivity contribution in [3.63, 3.8) is 0 Å². The molecule has 0 aliphatic heterocycles. The van der Waals surface area contributed by atoms with Gasteiger partial charge in [0.1, 0.15) is 5.82 Å². The van der Waals surface area contributed by atoms with Crippen LogP contribution in [0.4, 0.5) is 4.39 Å². The first kappa shape index (κ1) is 18.3. The van der Waals surface area contributed by atoms with Crippen LogP contribution in [0.15, 0.2) is 29.4 Å². The van der Waals surface area contributed by atoms with Crippen molar-refractivity contribution in [3.8, 4) is 0 Å². The zero-order valence-electron chi connectivity index (χ0n) is 15.1. The largest absolute Gasteiger partial charge is 0.351 e. The predicted octanol–water partition coefficient (Wildman–Crippen LogP) is 2.99. The molecule has 0 radical (unpaired) electrons. The van der Waals surface area contributed by atoms with Crippen LogP contribution in [0.2, 0.25) is 0 Å². The number of amides is 1. The Morgan fingerprint density at radius 1 is 1.23 bits per heavy atom. The van der Waals surface area contributed by atoms with E-state index in [0.717, 1.165) is 22.5 Å². The van der Waals surface area contributed by atoms with E-state index in [0.29, 0.717) is 17.5 Å². The van der Waals surface area contributed by atoms with E-state index < -0.39 is 0 Å². The van der Waals surface area contributed by atoms with Crippen LogP contribution in [-0.4, -0.2) is 30.7 Å². The first-order valence-corrected chi connectivity index (χ1v) is 9.12. The molecule has 1 aromatic carbocycles. The minimum absolute atomic E-state index is 0.129. The number of aryl methyl sites for hydroxylation is 2. The third-order valence-electron chi connectivity index (χ3n) is 4.27. The summed E-state index contributed by atoms with van der Waals surface area (Å²) < 4.78 is 14.6. The fraction of sp³-hybridized carbons (Fsp3) is 0.333. The average Bonchev–Trinajstić information content (AvgIpc) is 3.01. The molecule has 3 aromatic rings. The Morgan fingerprint density at radius 3 is 2.62 bits per heavy atom. The molecular weight excluding hydrogens is 353 g/mol. The first-order valence-electron chi connectivity index (χ1n) is 8.24. The summed E-state index contributed by atoms with van der Waals surface area (Å²) in [7, 11) is 0. The van der Waals surface area contributed by atoms with Crippen molar-refractivity contribution in [2.45, 2.75) is 44.6 Å². The number of fused-ring (bicyclic) bond motifs is 1. The molecule has 0 unspecified atom stereocenters. The summed E-state index contributed by atoms with van der Waals surface area (Å²) >= 11 is 1.28. The van der Waals surface area contributed by atoms with Crippen molar-refractivity contribution in [2.24, 2.45) is 0 Å². The van der Waals surface area contributed by atoms with E-state index >= 15 is 0 Å². The van der Waals surface area contributed by atoms with Gasteiger partial charge < -0.3 is 5.32 Å². The molecule has 0 spiro atoms. The molecule has 6 nitrogen and oxygen atoms in total. The Morgan fingerprint density at radius 2 is 1.92 bits per heavy atom. The van der Waals surface area contributed by atoms with Gasteiger partial charge >= 0.3 is 0 Å². The summed E-state index contributed by atoms with van der Waals surface area (Å²) in [6.45, 7) is 8.06. The van der Waals surface area contributed by atoms with Crippen molar-refractivity contribution < 1.29 is 9.18 Å². The van der Waals surface area contributed by atoms with E-state index in [-0.39, 0.29) is 17.0 Å². The predicted molar refractivity (Wildman–Crippen MR) is 98.6 cm³/mol. The third-order valence-corrected chi connectivity index (χ3v) is 5.22. The Balaban J connectivity index is 1.66. The van der Waals surface area contributed by atoms with Gasteiger partial charge in [-0.05, 0) is 51.0 Å². The highest BCUT2D eigenvalue weighted by atomic mass is 32.2. The molecular formula is C18H20FN5OS. The van der Waals surface area contributed by atoms with Gasteiger partial charge in [-0.2, -0.15) is 4.98 Å². The normalized spacial score (nSPS) is 12.3. The number of thioether (sulfide) groups is 1. The van der Waals surface area contributed by atoms with Crippen LogP contribution in [0.25, 0.3) is 5.78 Å². The zero-order chi connectivity index (χ0) is 18.8. The fourth-order valence-corrected chi connectivity index (χ4v) is 3.20.